The molecule has 0 saturated carbocycles. The summed E-state index contributed by atoms with van der Waals surface area (Å²) >= 11 is 0. The van der Waals surface area contributed by atoms with Crippen molar-refractivity contribution < 1.29 is 19.5 Å². The van der Waals surface area contributed by atoms with Crippen molar-refractivity contribution in [3.8, 4) is 0 Å². The highest BCUT2D eigenvalue weighted by Gasteiger charge is 2.31. The Kier molecular flexibility index (Phi) is 4.94. The summed E-state index contributed by atoms with van der Waals surface area (Å²) < 4.78 is 0. The number of rotatable bonds is 4. The van der Waals surface area contributed by atoms with Crippen LogP contribution in [0.4, 0.5) is 0 Å². The predicted molar refractivity (Wildman–Crippen MR) is 71.0 cm³/mol. The number of carboxylic acid groups (broad SMARTS) is 1. The van der Waals surface area contributed by atoms with E-state index in [4.69, 9.17) is 5.11 Å². The van der Waals surface area contributed by atoms with Crippen LogP contribution in [0.25, 0.3) is 0 Å². The lowest BCUT2D eigenvalue weighted by atomic mass is 9.93. The van der Waals surface area contributed by atoms with E-state index in [0.29, 0.717) is 26.1 Å². The largest absolute Gasteiger partial charge is 0.481 e. The van der Waals surface area contributed by atoms with Gasteiger partial charge in [0.05, 0.1) is 6.54 Å². The maximum Gasteiger partial charge on any atom is 0.303 e. The van der Waals surface area contributed by atoms with Crippen LogP contribution in [0, 0.1) is 5.92 Å². The van der Waals surface area contributed by atoms with E-state index in [2.05, 4.69) is 10.6 Å². The zero-order valence-electron chi connectivity index (χ0n) is 11.4. The van der Waals surface area contributed by atoms with E-state index in [1.54, 1.807) is 4.90 Å². The number of aliphatic carboxylic acids is 1. The van der Waals surface area contributed by atoms with Gasteiger partial charge in [-0.2, -0.15) is 0 Å². The fourth-order valence-corrected chi connectivity index (χ4v) is 2.79. The first-order valence-corrected chi connectivity index (χ1v) is 7.07. The van der Waals surface area contributed by atoms with Gasteiger partial charge in [-0.15, -0.1) is 0 Å². The molecule has 2 rings (SSSR count). The van der Waals surface area contributed by atoms with Crippen molar-refractivity contribution in [1.82, 2.24) is 15.5 Å². The van der Waals surface area contributed by atoms with E-state index in [1.807, 2.05) is 0 Å². The summed E-state index contributed by atoms with van der Waals surface area (Å²) in [6.07, 6.45) is 2.67. The number of piperazine rings is 1. The minimum Gasteiger partial charge on any atom is -0.481 e. The van der Waals surface area contributed by atoms with Crippen molar-refractivity contribution >= 4 is 17.8 Å². The van der Waals surface area contributed by atoms with Gasteiger partial charge in [-0.25, -0.2) is 0 Å². The van der Waals surface area contributed by atoms with Crippen LogP contribution in [-0.2, 0) is 14.4 Å². The SMILES string of the molecule is O=C(O)CCC1CCCN(C(=O)C2CNC(=O)CN2)C1. The van der Waals surface area contributed by atoms with Crippen LogP contribution < -0.4 is 10.6 Å². The van der Waals surface area contributed by atoms with Gasteiger partial charge >= 0.3 is 5.97 Å². The van der Waals surface area contributed by atoms with E-state index in [1.165, 1.54) is 0 Å². The summed E-state index contributed by atoms with van der Waals surface area (Å²) in [6.45, 7) is 1.84. The van der Waals surface area contributed by atoms with Crippen molar-refractivity contribution in [2.75, 3.05) is 26.2 Å². The summed E-state index contributed by atoms with van der Waals surface area (Å²) in [5.74, 6) is -0.607. The van der Waals surface area contributed by atoms with Crippen LogP contribution in [0.5, 0.6) is 0 Å². The van der Waals surface area contributed by atoms with Crippen molar-refractivity contribution in [2.24, 2.45) is 5.92 Å². The number of hydrogen-bond acceptors (Lipinski definition) is 4. The van der Waals surface area contributed by atoms with Crippen LogP contribution in [0.15, 0.2) is 0 Å². The minimum atomic E-state index is -0.787. The Morgan fingerprint density at radius 3 is 2.85 bits per heavy atom. The quantitative estimate of drug-likeness (QED) is 0.626. The molecule has 3 N–H and O–H groups in total. The lowest BCUT2D eigenvalue weighted by molar-refractivity contribution is -0.137. The fraction of sp³-hybridized carbons (Fsp3) is 0.769. The Morgan fingerprint density at radius 2 is 2.20 bits per heavy atom. The highest BCUT2D eigenvalue weighted by atomic mass is 16.4. The molecule has 0 bridgehead atoms. The molecule has 2 heterocycles. The third kappa shape index (κ3) is 3.93. The number of amides is 2. The number of carbonyl (C=O) groups is 3. The maximum atomic E-state index is 12.3. The van der Waals surface area contributed by atoms with E-state index in [-0.39, 0.29) is 36.7 Å². The van der Waals surface area contributed by atoms with Gasteiger partial charge in [-0.3, -0.25) is 19.7 Å². The predicted octanol–water partition coefficient (Wildman–Crippen LogP) is -0.822. The lowest BCUT2D eigenvalue weighted by Gasteiger charge is -2.36. The Bertz CT molecular complexity index is 389. The summed E-state index contributed by atoms with van der Waals surface area (Å²) in [5.41, 5.74) is 0. The van der Waals surface area contributed by atoms with Crippen LogP contribution in [0.1, 0.15) is 25.7 Å². The first-order valence-electron chi connectivity index (χ1n) is 7.07. The molecule has 2 unspecified atom stereocenters. The Morgan fingerprint density at radius 1 is 1.40 bits per heavy atom. The van der Waals surface area contributed by atoms with E-state index in [0.717, 1.165) is 12.8 Å². The standard InChI is InChI=1S/C13H21N3O4/c17-11-7-14-10(6-15-11)13(20)16-5-1-2-9(8-16)3-4-12(18)19/h9-10,14H,1-8H2,(H,15,17)(H,18,19). The molecule has 0 aromatic carbocycles. The van der Waals surface area contributed by atoms with Crippen LogP contribution >= 0.6 is 0 Å². The average molecular weight is 283 g/mol. The van der Waals surface area contributed by atoms with Gasteiger partial charge in [-0.05, 0) is 25.2 Å². The molecule has 7 heteroatoms. The number of likely N-dealkylation sites (tertiary alicyclic amines) is 1. The number of carbonyl (C=O) groups excluding carboxylic acids is 2. The molecule has 20 heavy (non-hydrogen) atoms. The molecule has 2 fully saturated rings. The van der Waals surface area contributed by atoms with E-state index >= 15 is 0 Å². The van der Waals surface area contributed by atoms with Crippen molar-refractivity contribution in [3.63, 3.8) is 0 Å². The number of nitrogens with zero attached hydrogens (tertiary/aromatic N) is 1. The van der Waals surface area contributed by atoms with Gasteiger partial charge in [-0.1, -0.05) is 0 Å². The molecule has 2 saturated heterocycles. The van der Waals surface area contributed by atoms with E-state index < -0.39 is 5.97 Å². The maximum absolute atomic E-state index is 12.3. The number of carboxylic acids is 1. The van der Waals surface area contributed by atoms with Gasteiger partial charge in [0.1, 0.15) is 6.04 Å². The summed E-state index contributed by atoms with van der Waals surface area (Å²) in [7, 11) is 0. The second-order valence-corrected chi connectivity index (χ2v) is 5.46. The second kappa shape index (κ2) is 6.69. The van der Waals surface area contributed by atoms with Crippen LogP contribution in [-0.4, -0.2) is 60.0 Å². The fourth-order valence-electron chi connectivity index (χ4n) is 2.79. The summed E-state index contributed by atoms with van der Waals surface area (Å²) in [5, 5.41) is 14.3. The molecule has 2 aliphatic rings. The Hall–Kier alpha value is -1.63. The molecule has 0 aliphatic carbocycles. The number of hydrogen-bond donors (Lipinski definition) is 3. The molecule has 0 radical (unpaired) electrons. The minimum absolute atomic E-state index is 0.00465. The molecule has 0 aromatic heterocycles. The first-order chi connectivity index (χ1) is 9.56. The Balaban J connectivity index is 1.83. The number of piperidine rings is 1. The lowest BCUT2D eigenvalue weighted by Crippen LogP contribution is -2.59. The van der Waals surface area contributed by atoms with Crippen molar-refractivity contribution in [2.45, 2.75) is 31.7 Å². The second-order valence-electron chi connectivity index (χ2n) is 5.46. The first kappa shape index (κ1) is 14.8. The van der Waals surface area contributed by atoms with Gasteiger partial charge < -0.3 is 15.3 Å². The third-order valence-corrected chi connectivity index (χ3v) is 3.91. The molecule has 2 amide bonds. The average Bonchev–Trinajstić information content (AvgIpc) is 2.45. The van der Waals surface area contributed by atoms with Gasteiger partial charge in [0.15, 0.2) is 0 Å². The van der Waals surface area contributed by atoms with Crippen LogP contribution in [0.3, 0.4) is 0 Å². The molecule has 0 aromatic rings. The summed E-state index contributed by atoms with van der Waals surface area (Å²) in [4.78, 5) is 35.8. The molecule has 7 nitrogen and oxygen atoms in total. The number of nitrogens with one attached hydrogen (secondary N) is 2. The monoisotopic (exact) mass is 283 g/mol. The Labute approximate surface area is 117 Å². The zero-order valence-corrected chi connectivity index (χ0v) is 11.4. The molecular formula is C13H21N3O4. The molecular weight excluding hydrogens is 262 g/mol. The van der Waals surface area contributed by atoms with Crippen molar-refractivity contribution in [1.29, 1.82) is 0 Å². The van der Waals surface area contributed by atoms with E-state index in [9.17, 15) is 14.4 Å². The third-order valence-electron chi connectivity index (χ3n) is 3.91. The van der Waals surface area contributed by atoms with Gasteiger partial charge in [0, 0.05) is 26.1 Å². The van der Waals surface area contributed by atoms with Gasteiger partial charge in [0.25, 0.3) is 0 Å². The smallest absolute Gasteiger partial charge is 0.303 e. The topological polar surface area (TPSA) is 98.7 Å². The molecule has 2 aliphatic heterocycles. The highest BCUT2D eigenvalue weighted by molar-refractivity contribution is 5.86. The van der Waals surface area contributed by atoms with Crippen molar-refractivity contribution in [3.05, 3.63) is 0 Å². The zero-order chi connectivity index (χ0) is 14.5. The molecule has 0 spiro atoms. The molecule has 112 valence electrons. The van der Waals surface area contributed by atoms with Gasteiger partial charge in [0.2, 0.25) is 11.8 Å². The van der Waals surface area contributed by atoms with Crippen LogP contribution in [0.2, 0.25) is 0 Å². The molecule has 2 atom stereocenters. The normalized spacial score (nSPS) is 27.0. The highest BCUT2D eigenvalue weighted by Crippen LogP contribution is 2.21. The summed E-state index contributed by atoms with van der Waals surface area (Å²) in [6, 6.07) is -0.356.